The first-order valence-corrected chi connectivity index (χ1v) is 10.5. The highest BCUT2D eigenvalue weighted by molar-refractivity contribution is 5.45. The molecule has 0 saturated carbocycles. The lowest BCUT2D eigenvalue weighted by Crippen LogP contribution is -2.57. The Labute approximate surface area is 207 Å². The number of rotatable bonds is 21. The van der Waals surface area contributed by atoms with Crippen molar-refractivity contribution in [1.82, 2.24) is 25.0 Å². The van der Waals surface area contributed by atoms with Crippen LogP contribution >= 0.6 is 0 Å². The topological polar surface area (TPSA) is 129 Å². The zero-order valence-electron chi connectivity index (χ0n) is 22.0. The van der Waals surface area contributed by atoms with Crippen molar-refractivity contribution < 1.29 is 37.9 Å². The molecule has 0 radical (unpaired) electrons. The molecule has 1 aromatic heterocycles. The minimum absolute atomic E-state index is 0.147. The quantitative estimate of drug-likeness (QED) is 0.157. The highest BCUT2D eigenvalue weighted by Gasteiger charge is 2.29. The van der Waals surface area contributed by atoms with E-state index in [1.165, 1.54) is 0 Å². The van der Waals surface area contributed by atoms with Crippen LogP contribution in [0.5, 0.6) is 0 Å². The fraction of sp³-hybridized carbons (Fsp3) is 0.842. The van der Waals surface area contributed by atoms with Crippen LogP contribution < -0.4 is 14.9 Å². The number of ether oxygens (including phenoxy) is 8. The van der Waals surface area contributed by atoms with E-state index < -0.39 is 0 Å². The second kappa shape index (κ2) is 18.3. The summed E-state index contributed by atoms with van der Waals surface area (Å²) in [5.41, 5.74) is 0. The summed E-state index contributed by atoms with van der Waals surface area (Å²) in [7, 11) is 12.5. The zero-order valence-corrected chi connectivity index (χ0v) is 22.0. The molecular formula is C19H40N8O8. The molecule has 16 nitrogen and oxygen atoms in total. The highest BCUT2D eigenvalue weighted by atomic mass is 16.5. The number of hydrogen-bond acceptors (Lipinski definition) is 16. The standard InChI is InChI=1S/C19H40N8O8/c1-28-9-23(10-29-2)17-20-18(24(11-30-3)12-31-4)22-19(21-17)27(25(13-32-5)14-33-6)26(15-34-7)16-35-8/h9-16H2,1-8H3. The van der Waals surface area contributed by atoms with Crippen molar-refractivity contribution in [3.05, 3.63) is 0 Å². The van der Waals surface area contributed by atoms with E-state index in [4.69, 9.17) is 47.9 Å². The molecule has 0 spiro atoms. The molecule has 0 bridgehead atoms. The summed E-state index contributed by atoms with van der Waals surface area (Å²) >= 11 is 0. The molecule has 204 valence electrons. The summed E-state index contributed by atoms with van der Waals surface area (Å²) in [4.78, 5) is 17.4. The van der Waals surface area contributed by atoms with Gasteiger partial charge in [0.2, 0.25) is 11.9 Å². The van der Waals surface area contributed by atoms with E-state index in [-0.39, 0.29) is 59.8 Å². The molecule has 0 amide bonds. The maximum absolute atomic E-state index is 5.40. The second-order valence-corrected chi connectivity index (χ2v) is 6.96. The van der Waals surface area contributed by atoms with E-state index in [1.54, 1.807) is 81.8 Å². The molecule has 0 unspecified atom stereocenters. The molecule has 0 N–H and O–H groups in total. The van der Waals surface area contributed by atoms with Gasteiger partial charge in [-0.1, -0.05) is 0 Å². The molecule has 0 aliphatic rings. The van der Waals surface area contributed by atoms with Crippen LogP contribution in [0.2, 0.25) is 0 Å². The second-order valence-electron chi connectivity index (χ2n) is 6.96. The minimum atomic E-state index is 0.147. The Morgan fingerprint density at radius 1 is 0.400 bits per heavy atom. The molecule has 1 heterocycles. The van der Waals surface area contributed by atoms with Crippen molar-refractivity contribution in [3.8, 4) is 0 Å². The Hall–Kier alpha value is -1.99. The lowest BCUT2D eigenvalue weighted by molar-refractivity contribution is -0.108. The SMILES string of the molecule is COCN(COC)c1nc(N(COC)COC)nc(N(N(COC)COC)N(COC)COC)n1. The third-order valence-electron chi connectivity index (χ3n) is 4.13. The van der Waals surface area contributed by atoms with Crippen molar-refractivity contribution in [1.29, 1.82) is 0 Å². The van der Waals surface area contributed by atoms with Gasteiger partial charge in [-0.3, -0.25) is 9.80 Å². The zero-order chi connectivity index (χ0) is 26.1. The summed E-state index contributed by atoms with van der Waals surface area (Å²) in [5.74, 6) is 0.809. The van der Waals surface area contributed by atoms with Gasteiger partial charge in [0.25, 0.3) is 5.95 Å². The maximum Gasteiger partial charge on any atom is 0.262 e. The highest BCUT2D eigenvalue weighted by Crippen LogP contribution is 2.22. The Morgan fingerprint density at radius 2 is 0.657 bits per heavy atom. The van der Waals surface area contributed by atoms with E-state index in [1.807, 2.05) is 0 Å². The van der Waals surface area contributed by atoms with Gasteiger partial charge >= 0.3 is 0 Å². The Balaban J connectivity index is 3.77. The van der Waals surface area contributed by atoms with Crippen LogP contribution in [0, 0.1) is 0 Å². The number of aromatic nitrogens is 3. The predicted molar refractivity (Wildman–Crippen MR) is 126 cm³/mol. The molecule has 0 saturated heterocycles. The van der Waals surface area contributed by atoms with Gasteiger partial charge in [-0.25, -0.2) is 0 Å². The number of hydrazine groups is 2. The van der Waals surface area contributed by atoms with Crippen molar-refractivity contribution in [2.75, 3.05) is 126 Å². The van der Waals surface area contributed by atoms with Crippen LogP contribution in [-0.2, 0) is 37.9 Å². The average molecular weight is 509 g/mol. The Bertz CT molecular complexity index is 605. The van der Waals surface area contributed by atoms with E-state index in [0.29, 0.717) is 11.9 Å². The smallest absolute Gasteiger partial charge is 0.262 e. The summed E-state index contributed by atoms with van der Waals surface area (Å²) < 4.78 is 42.9. The average Bonchev–Trinajstić information content (AvgIpc) is 2.84. The summed E-state index contributed by atoms with van der Waals surface area (Å²) in [5, 5.41) is 5.08. The first-order valence-electron chi connectivity index (χ1n) is 10.5. The van der Waals surface area contributed by atoms with Crippen LogP contribution in [-0.4, -0.2) is 136 Å². The first-order chi connectivity index (χ1) is 17.0. The van der Waals surface area contributed by atoms with Gasteiger partial charge in [0, 0.05) is 56.9 Å². The van der Waals surface area contributed by atoms with E-state index in [2.05, 4.69) is 4.98 Å². The van der Waals surface area contributed by atoms with Crippen molar-refractivity contribution >= 4 is 17.8 Å². The Morgan fingerprint density at radius 3 is 0.914 bits per heavy atom. The molecule has 0 aliphatic heterocycles. The van der Waals surface area contributed by atoms with Crippen molar-refractivity contribution in [3.63, 3.8) is 0 Å². The first kappa shape index (κ1) is 31.0. The molecule has 1 rings (SSSR count). The van der Waals surface area contributed by atoms with E-state index in [9.17, 15) is 0 Å². The number of methoxy groups -OCH3 is 8. The van der Waals surface area contributed by atoms with Crippen LogP contribution in [0.15, 0.2) is 0 Å². The third kappa shape index (κ3) is 9.88. The van der Waals surface area contributed by atoms with Gasteiger partial charge < -0.3 is 37.9 Å². The van der Waals surface area contributed by atoms with Gasteiger partial charge in [0.15, 0.2) is 0 Å². The molecule has 0 fully saturated rings. The summed E-state index contributed by atoms with van der Waals surface area (Å²) in [6.45, 7) is 1.27. The molecular weight excluding hydrogens is 468 g/mol. The van der Waals surface area contributed by atoms with Crippen LogP contribution in [0.1, 0.15) is 0 Å². The van der Waals surface area contributed by atoms with E-state index >= 15 is 0 Å². The van der Waals surface area contributed by atoms with Crippen molar-refractivity contribution in [2.24, 2.45) is 0 Å². The van der Waals surface area contributed by atoms with Gasteiger partial charge in [0.1, 0.15) is 53.8 Å². The van der Waals surface area contributed by atoms with Gasteiger partial charge in [-0.05, 0) is 0 Å². The van der Waals surface area contributed by atoms with Gasteiger partial charge in [0.05, 0.1) is 0 Å². The molecule has 0 atom stereocenters. The molecule has 16 heteroatoms. The summed E-state index contributed by atoms with van der Waals surface area (Å²) in [6, 6.07) is 0. The lowest BCUT2D eigenvalue weighted by Gasteiger charge is -2.40. The van der Waals surface area contributed by atoms with Gasteiger partial charge in [-0.2, -0.15) is 30.1 Å². The molecule has 0 aromatic carbocycles. The summed E-state index contributed by atoms with van der Waals surface area (Å²) in [6.07, 6.45) is 0. The molecule has 35 heavy (non-hydrogen) atoms. The monoisotopic (exact) mass is 508 g/mol. The normalized spacial score (nSPS) is 11.5. The Kier molecular flexibility index (Phi) is 16.2. The van der Waals surface area contributed by atoms with Crippen molar-refractivity contribution in [2.45, 2.75) is 0 Å². The largest absolute Gasteiger partial charge is 0.367 e. The van der Waals surface area contributed by atoms with E-state index in [0.717, 1.165) is 0 Å². The minimum Gasteiger partial charge on any atom is -0.367 e. The number of hydrogen-bond donors (Lipinski definition) is 0. The third-order valence-corrected chi connectivity index (χ3v) is 4.13. The van der Waals surface area contributed by atoms with Gasteiger partial charge in [-0.15, -0.1) is 0 Å². The predicted octanol–water partition coefficient (Wildman–Crippen LogP) is -0.444. The fourth-order valence-electron chi connectivity index (χ4n) is 2.97. The lowest BCUT2D eigenvalue weighted by atomic mass is 10.6. The number of anilines is 3. The van der Waals surface area contributed by atoms with Crippen LogP contribution in [0.25, 0.3) is 0 Å². The number of nitrogens with zero attached hydrogens (tertiary/aromatic N) is 8. The van der Waals surface area contributed by atoms with Crippen LogP contribution in [0.4, 0.5) is 17.8 Å². The maximum atomic E-state index is 5.40. The molecule has 0 aliphatic carbocycles. The molecule has 1 aromatic rings. The van der Waals surface area contributed by atoms with Crippen LogP contribution in [0.3, 0.4) is 0 Å². The fourth-order valence-corrected chi connectivity index (χ4v) is 2.97.